The zero-order valence-corrected chi connectivity index (χ0v) is 14.9. The van der Waals surface area contributed by atoms with Crippen molar-refractivity contribution in [2.75, 3.05) is 0 Å². The van der Waals surface area contributed by atoms with Gasteiger partial charge in [0, 0.05) is 31.6 Å². The van der Waals surface area contributed by atoms with E-state index >= 15 is 0 Å². The third kappa shape index (κ3) is 3.77. The second-order valence-corrected chi connectivity index (χ2v) is 8.85. The summed E-state index contributed by atoms with van der Waals surface area (Å²) in [4.78, 5) is 6.07. The Balaban J connectivity index is 1.60. The number of thiophene rings is 2. The van der Waals surface area contributed by atoms with E-state index in [0.29, 0.717) is 12.1 Å². The zero-order valence-electron chi connectivity index (χ0n) is 13.2. The van der Waals surface area contributed by atoms with E-state index in [1.165, 1.54) is 40.3 Å². The minimum Gasteiger partial charge on any atom is -0.307 e. The molecular formula is C18H25NS2. The molecule has 114 valence electrons. The Labute approximate surface area is 136 Å². The molecule has 21 heavy (non-hydrogen) atoms. The number of fused-ring (bicyclic) bond motifs is 1. The molecule has 0 spiro atoms. The van der Waals surface area contributed by atoms with E-state index in [9.17, 15) is 0 Å². The van der Waals surface area contributed by atoms with E-state index in [0.717, 1.165) is 6.42 Å². The Morgan fingerprint density at radius 2 is 1.95 bits per heavy atom. The highest BCUT2D eigenvalue weighted by Crippen LogP contribution is 2.33. The van der Waals surface area contributed by atoms with Crippen LogP contribution in [0.25, 0.3) is 0 Å². The van der Waals surface area contributed by atoms with Crippen LogP contribution in [0.5, 0.6) is 0 Å². The van der Waals surface area contributed by atoms with E-state index in [1.807, 2.05) is 22.7 Å². The summed E-state index contributed by atoms with van der Waals surface area (Å²) >= 11 is 3.96. The molecule has 2 aromatic rings. The van der Waals surface area contributed by atoms with Gasteiger partial charge in [0.2, 0.25) is 0 Å². The van der Waals surface area contributed by atoms with Gasteiger partial charge in [0.05, 0.1) is 0 Å². The smallest absolute Gasteiger partial charge is 0.0388 e. The predicted molar refractivity (Wildman–Crippen MR) is 94.7 cm³/mol. The first-order chi connectivity index (χ1) is 10.1. The van der Waals surface area contributed by atoms with Crippen LogP contribution in [0.3, 0.4) is 0 Å². The number of aryl methyl sites for hydroxylation is 3. The molecule has 2 aromatic heterocycles. The van der Waals surface area contributed by atoms with Crippen molar-refractivity contribution >= 4 is 22.7 Å². The van der Waals surface area contributed by atoms with Crippen molar-refractivity contribution in [2.24, 2.45) is 0 Å². The Morgan fingerprint density at radius 1 is 1.14 bits per heavy atom. The van der Waals surface area contributed by atoms with Crippen LogP contribution in [-0.4, -0.2) is 6.04 Å². The molecule has 0 saturated heterocycles. The van der Waals surface area contributed by atoms with Gasteiger partial charge in [0.1, 0.15) is 0 Å². The molecule has 0 amide bonds. The van der Waals surface area contributed by atoms with Crippen molar-refractivity contribution < 1.29 is 0 Å². The summed E-state index contributed by atoms with van der Waals surface area (Å²) in [5, 5.41) is 3.78. The van der Waals surface area contributed by atoms with Crippen molar-refractivity contribution in [1.29, 1.82) is 0 Å². The number of hydrogen-bond acceptors (Lipinski definition) is 3. The predicted octanol–water partition coefficient (Wildman–Crippen LogP) is 5.28. The van der Waals surface area contributed by atoms with E-state index in [1.54, 1.807) is 10.4 Å². The molecule has 0 bridgehead atoms. The minimum absolute atomic E-state index is 0.469. The molecule has 0 fully saturated rings. The second kappa shape index (κ2) is 6.64. The molecule has 0 aliphatic heterocycles. The lowest BCUT2D eigenvalue weighted by Gasteiger charge is -2.18. The second-order valence-electron chi connectivity index (χ2n) is 6.31. The monoisotopic (exact) mass is 319 g/mol. The third-order valence-corrected chi connectivity index (χ3v) is 6.72. The SMILES string of the molecule is Cc1ccc(CC(C)NC(C)c2cc3c(s2)CCCC3)s1. The van der Waals surface area contributed by atoms with Crippen LogP contribution in [0.15, 0.2) is 18.2 Å². The van der Waals surface area contributed by atoms with Crippen LogP contribution in [0, 0.1) is 6.92 Å². The van der Waals surface area contributed by atoms with Gasteiger partial charge in [-0.3, -0.25) is 0 Å². The van der Waals surface area contributed by atoms with Gasteiger partial charge in [-0.05, 0) is 76.6 Å². The highest BCUT2D eigenvalue weighted by atomic mass is 32.1. The Morgan fingerprint density at radius 3 is 2.67 bits per heavy atom. The molecule has 1 N–H and O–H groups in total. The van der Waals surface area contributed by atoms with Crippen LogP contribution >= 0.6 is 22.7 Å². The summed E-state index contributed by atoms with van der Waals surface area (Å²) in [6.07, 6.45) is 6.48. The molecule has 3 rings (SSSR count). The Hall–Kier alpha value is -0.640. The highest BCUT2D eigenvalue weighted by Gasteiger charge is 2.17. The molecule has 1 aliphatic carbocycles. The van der Waals surface area contributed by atoms with E-state index < -0.39 is 0 Å². The highest BCUT2D eigenvalue weighted by molar-refractivity contribution is 7.12. The van der Waals surface area contributed by atoms with Gasteiger partial charge in [-0.2, -0.15) is 0 Å². The first-order valence-corrected chi connectivity index (χ1v) is 9.68. The van der Waals surface area contributed by atoms with Gasteiger partial charge >= 0.3 is 0 Å². The molecule has 1 aliphatic rings. The van der Waals surface area contributed by atoms with Gasteiger partial charge in [0.25, 0.3) is 0 Å². The van der Waals surface area contributed by atoms with Crippen LogP contribution < -0.4 is 5.32 Å². The maximum atomic E-state index is 3.78. The lowest BCUT2D eigenvalue weighted by atomic mass is 9.99. The fourth-order valence-electron chi connectivity index (χ4n) is 3.19. The summed E-state index contributed by atoms with van der Waals surface area (Å²) in [5.41, 5.74) is 1.62. The van der Waals surface area contributed by atoms with Gasteiger partial charge in [-0.25, -0.2) is 0 Å². The normalized spacial score (nSPS) is 17.5. The summed E-state index contributed by atoms with van der Waals surface area (Å²) in [7, 11) is 0. The standard InChI is InChI=1S/C18H25NS2/c1-12(10-16-9-8-13(2)20-16)19-14(3)18-11-15-6-4-5-7-17(15)21-18/h8-9,11-12,14,19H,4-7,10H2,1-3H3. The first-order valence-electron chi connectivity index (χ1n) is 8.04. The van der Waals surface area contributed by atoms with Crippen molar-refractivity contribution in [3.05, 3.63) is 43.3 Å². The number of nitrogens with one attached hydrogen (secondary N) is 1. The lowest BCUT2D eigenvalue weighted by molar-refractivity contribution is 0.484. The quantitative estimate of drug-likeness (QED) is 0.790. The van der Waals surface area contributed by atoms with E-state index in [-0.39, 0.29) is 0 Å². The van der Waals surface area contributed by atoms with Crippen molar-refractivity contribution in [3.63, 3.8) is 0 Å². The number of hydrogen-bond donors (Lipinski definition) is 1. The average Bonchev–Trinajstić information content (AvgIpc) is 3.04. The van der Waals surface area contributed by atoms with Gasteiger partial charge < -0.3 is 5.32 Å². The maximum absolute atomic E-state index is 3.78. The van der Waals surface area contributed by atoms with E-state index in [4.69, 9.17) is 0 Å². The summed E-state index contributed by atoms with van der Waals surface area (Å²) in [6.45, 7) is 6.80. The molecule has 2 heterocycles. The fourth-order valence-corrected chi connectivity index (χ4v) is 5.48. The van der Waals surface area contributed by atoms with Crippen molar-refractivity contribution in [1.82, 2.24) is 5.32 Å². The van der Waals surface area contributed by atoms with Gasteiger partial charge in [0.15, 0.2) is 0 Å². The summed E-state index contributed by atoms with van der Waals surface area (Å²) < 4.78 is 0. The average molecular weight is 320 g/mol. The van der Waals surface area contributed by atoms with Crippen LogP contribution in [0.4, 0.5) is 0 Å². The van der Waals surface area contributed by atoms with Gasteiger partial charge in [-0.1, -0.05) is 0 Å². The van der Waals surface area contributed by atoms with Crippen molar-refractivity contribution in [3.8, 4) is 0 Å². The molecule has 0 radical (unpaired) electrons. The van der Waals surface area contributed by atoms with Crippen LogP contribution in [0.2, 0.25) is 0 Å². The largest absolute Gasteiger partial charge is 0.307 e. The summed E-state index contributed by atoms with van der Waals surface area (Å²) in [5.74, 6) is 0. The molecule has 0 saturated carbocycles. The topological polar surface area (TPSA) is 12.0 Å². The zero-order chi connectivity index (χ0) is 14.8. The molecule has 2 atom stereocenters. The Bertz CT molecular complexity index is 573. The van der Waals surface area contributed by atoms with Gasteiger partial charge in [-0.15, -0.1) is 22.7 Å². The Kier molecular flexibility index (Phi) is 4.82. The number of rotatable bonds is 5. The molecule has 2 unspecified atom stereocenters. The van der Waals surface area contributed by atoms with Crippen LogP contribution in [-0.2, 0) is 19.3 Å². The maximum Gasteiger partial charge on any atom is 0.0388 e. The molecule has 1 nitrogen and oxygen atoms in total. The van der Waals surface area contributed by atoms with Crippen molar-refractivity contribution in [2.45, 2.75) is 65.0 Å². The van der Waals surface area contributed by atoms with E-state index in [2.05, 4.69) is 44.3 Å². The lowest BCUT2D eigenvalue weighted by Crippen LogP contribution is -2.30. The summed E-state index contributed by atoms with van der Waals surface area (Å²) in [6, 6.07) is 7.95. The third-order valence-electron chi connectivity index (χ3n) is 4.28. The fraction of sp³-hybridized carbons (Fsp3) is 0.556. The first kappa shape index (κ1) is 15.3. The van der Waals surface area contributed by atoms with Crippen LogP contribution in [0.1, 0.15) is 57.8 Å². The minimum atomic E-state index is 0.469. The molecular weight excluding hydrogens is 294 g/mol. The molecule has 0 aromatic carbocycles. The molecule has 3 heteroatoms.